The molecule has 0 aliphatic carbocycles. The van der Waals surface area contributed by atoms with E-state index in [-0.39, 0.29) is 12.6 Å². The molecule has 0 atom stereocenters. The molecule has 1 fully saturated rings. The van der Waals surface area contributed by atoms with Gasteiger partial charge in [-0.25, -0.2) is 4.79 Å². The lowest BCUT2D eigenvalue weighted by Crippen LogP contribution is -2.37. The van der Waals surface area contributed by atoms with E-state index in [1.807, 2.05) is 18.2 Å². The summed E-state index contributed by atoms with van der Waals surface area (Å²) in [6.07, 6.45) is 4.41. The molecule has 0 spiro atoms. The van der Waals surface area contributed by atoms with Gasteiger partial charge in [0, 0.05) is 37.6 Å². The highest BCUT2D eigenvalue weighted by atomic mass is 16.3. The molecule has 1 aliphatic rings. The highest BCUT2D eigenvalue weighted by molar-refractivity contribution is 5.90. The molecule has 1 saturated heterocycles. The van der Waals surface area contributed by atoms with Gasteiger partial charge >= 0.3 is 6.03 Å². The second-order valence-electron chi connectivity index (χ2n) is 6.71. The Balaban J connectivity index is 1.98. The largest absolute Gasteiger partial charge is 0.395 e. The number of unbranched alkanes of at least 4 members (excludes halogenated alkanes) is 1. The zero-order valence-corrected chi connectivity index (χ0v) is 15.0. The summed E-state index contributed by atoms with van der Waals surface area (Å²) in [6, 6.07) is 7.93. The number of aliphatic hydroxyl groups excluding tert-OH is 1. The van der Waals surface area contributed by atoms with E-state index in [1.165, 1.54) is 18.5 Å². The summed E-state index contributed by atoms with van der Waals surface area (Å²) in [5.41, 5.74) is 1.98. The van der Waals surface area contributed by atoms with E-state index in [9.17, 15) is 4.79 Å². The highest BCUT2D eigenvalue weighted by Crippen LogP contribution is 2.25. The quantitative estimate of drug-likeness (QED) is 0.802. The topological polar surface area (TPSA) is 55.8 Å². The van der Waals surface area contributed by atoms with Crippen LogP contribution < -0.4 is 10.2 Å². The van der Waals surface area contributed by atoms with Crippen LogP contribution in [-0.2, 0) is 0 Å². The number of urea groups is 1. The van der Waals surface area contributed by atoms with Crippen molar-refractivity contribution < 1.29 is 9.90 Å². The minimum atomic E-state index is -0.137. The van der Waals surface area contributed by atoms with E-state index >= 15 is 0 Å². The number of nitrogens with one attached hydrogen (secondary N) is 1. The molecule has 5 heteroatoms. The maximum Gasteiger partial charge on any atom is 0.321 e. The Morgan fingerprint density at radius 3 is 2.75 bits per heavy atom. The minimum Gasteiger partial charge on any atom is -0.395 e. The van der Waals surface area contributed by atoms with Crippen LogP contribution in [-0.4, -0.2) is 48.8 Å². The Morgan fingerprint density at radius 1 is 1.33 bits per heavy atom. The summed E-state index contributed by atoms with van der Waals surface area (Å²) in [5.74, 6) is 0.801. The second kappa shape index (κ2) is 9.52. The molecule has 1 aromatic rings. The number of anilines is 2. The van der Waals surface area contributed by atoms with Crippen LogP contribution in [0.3, 0.4) is 0 Å². The number of piperidine rings is 1. The van der Waals surface area contributed by atoms with Gasteiger partial charge in [-0.15, -0.1) is 0 Å². The maximum atomic E-state index is 12.4. The Morgan fingerprint density at radius 2 is 2.08 bits per heavy atom. The van der Waals surface area contributed by atoms with Crippen molar-refractivity contribution in [3.63, 3.8) is 0 Å². The molecule has 134 valence electrons. The summed E-state index contributed by atoms with van der Waals surface area (Å²) < 4.78 is 0. The van der Waals surface area contributed by atoms with Crippen LogP contribution >= 0.6 is 0 Å². The van der Waals surface area contributed by atoms with E-state index in [1.54, 1.807) is 4.90 Å². The number of hydrogen-bond acceptors (Lipinski definition) is 3. The smallest absolute Gasteiger partial charge is 0.321 e. The number of amides is 2. The van der Waals surface area contributed by atoms with Gasteiger partial charge in [0.1, 0.15) is 0 Å². The lowest BCUT2D eigenvalue weighted by molar-refractivity contribution is 0.187. The summed E-state index contributed by atoms with van der Waals surface area (Å²) in [4.78, 5) is 16.5. The third-order valence-corrected chi connectivity index (χ3v) is 4.68. The van der Waals surface area contributed by atoms with Crippen molar-refractivity contribution in [2.45, 2.75) is 39.5 Å². The molecule has 0 saturated carbocycles. The molecule has 0 aromatic heterocycles. The van der Waals surface area contributed by atoms with Crippen LogP contribution in [0, 0.1) is 5.92 Å². The van der Waals surface area contributed by atoms with E-state index < -0.39 is 0 Å². The zero-order chi connectivity index (χ0) is 17.4. The average Bonchev–Trinajstić information content (AvgIpc) is 2.59. The molecule has 2 N–H and O–H groups in total. The van der Waals surface area contributed by atoms with Crippen LogP contribution in [0.4, 0.5) is 16.2 Å². The van der Waals surface area contributed by atoms with Gasteiger partial charge in [0.2, 0.25) is 0 Å². The minimum absolute atomic E-state index is 0.0108. The molecular weight excluding hydrogens is 302 g/mol. The lowest BCUT2D eigenvalue weighted by Gasteiger charge is -2.32. The Labute approximate surface area is 145 Å². The highest BCUT2D eigenvalue weighted by Gasteiger charge is 2.17. The summed E-state index contributed by atoms with van der Waals surface area (Å²) in [7, 11) is 0. The van der Waals surface area contributed by atoms with Crippen molar-refractivity contribution in [1.82, 2.24) is 4.90 Å². The van der Waals surface area contributed by atoms with Crippen LogP contribution in [0.1, 0.15) is 39.5 Å². The third-order valence-electron chi connectivity index (χ3n) is 4.68. The van der Waals surface area contributed by atoms with E-state index in [2.05, 4.69) is 30.1 Å². The van der Waals surface area contributed by atoms with Crippen LogP contribution in [0.15, 0.2) is 24.3 Å². The van der Waals surface area contributed by atoms with Crippen LogP contribution in [0.5, 0.6) is 0 Å². The standard InChI is InChI=1S/C19H31N3O2/c1-3-4-10-22(13-14-23)19(24)20-17-6-5-7-18(15-17)21-11-8-16(2)9-12-21/h5-7,15-16,23H,3-4,8-14H2,1-2H3,(H,20,24). The van der Waals surface area contributed by atoms with E-state index in [0.717, 1.165) is 37.5 Å². The predicted octanol–water partition coefficient (Wildman–Crippen LogP) is 3.55. The maximum absolute atomic E-state index is 12.4. The fourth-order valence-corrected chi connectivity index (χ4v) is 3.03. The van der Waals surface area contributed by atoms with Gasteiger partial charge in [0.15, 0.2) is 0 Å². The number of rotatable bonds is 7. The fraction of sp³-hybridized carbons (Fsp3) is 0.632. The first kappa shape index (κ1) is 18.6. The molecule has 5 nitrogen and oxygen atoms in total. The summed E-state index contributed by atoms with van der Waals surface area (Å²) >= 11 is 0. The Kier molecular flexibility index (Phi) is 7.37. The fourth-order valence-electron chi connectivity index (χ4n) is 3.03. The van der Waals surface area contributed by atoms with Crippen molar-refractivity contribution in [2.75, 3.05) is 43.0 Å². The van der Waals surface area contributed by atoms with Crippen molar-refractivity contribution >= 4 is 17.4 Å². The monoisotopic (exact) mass is 333 g/mol. The van der Waals surface area contributed by atoms with E-state index in [4.69, 9.17) is 5.11 Å². The number of benzene rings is 1. The van der Waals surface area contributed by atoms with Gasteiger partial charge in [-0.3, -0.25) is 0 Å². The zero-order valence-electron chi connectivity index (χ0n) is 15.0. The number of carbonyl (C=O) groups excluding carboxylic acids is 1. The Hall–Kier alpha value is -1.75. The number of carbonyl (C=O) groups is 1. The molecular formula is C19H31N3O2. The van der Waals surface area contributed by atoms with E-state index in [0.29, 0.717) is 13.1 Å². The molecule has 0 radical (unpaired) electrons. The molecule has 24 heavy (non-hydrogen) atoms. The van der Waals surface area contributed by atoms with Gasteiger partial charge in [0.05, 0.1) is 6.61 Å². The molecule has 0 unspecified atom stereocenters. The van der Waals surface area contributed by atoms with Gasteiger partial charge in [0.25, 0.3) is 0 Å². The SMILES string of the molecule is CCCCN(CCO)C(=O)Nc1cccc(N2CCC(C)CC2)c1. The lowest BCUT2D eigenvalue weighted by atomic mass is 9.99. The third kappa shape index (κ3) is 5.41. The van der Waals surface area contributed by atoms with Gasteiger partial charge in [-0.05, 0) is 43.4 Å². The van der Waals surface area contributed by atoms with Gasteiger partial charge in [-0.1, -0.05) is 26.3 Å². The number of hydrogen-bond donors (Lipinski definition) is 2. The van der Waals surface area contributed by atoms with Crippen LogP contribution in [0.25, 0.3) is 0 Å². The number of nitrogens with zero attached hydrogens (tertiary/aromatic N) is 2. The van der Waals surface area contributed by atoms with Gasteiger partial charge in [-0.2, -0.15) is 0 Å². The summed E-state index contributed by atoms with van der Waals surface area (Å²) in [5, 5.41) is 12.1. The van der Waals surface area contributed by atoms with Crippen LogP contribution in [0.2, 0.25) is 0 Å². The molecule has 1 heterocycles. The average molecular weight is 333 g/mol. The molecule has 0 bridgehead atoms. The first-order chi connectivity index (χ1) is 11.6. The first-order valence-electron chi connectivity index (χ1n) is 9.15. The van der Waals surface area contributed by atoms with Crippen molar-refractivity contribution in [2.24, 2.45) is 5.92 Å². The molecule has 2 rings (SSSR count). The molecule has 1 aromatic carbocycles. The normalized spacial score (nSPS) is 15.4. The molecule has 2 amide bonds. The van der Waals surface area contributed by atoms with Crippen molar-refractivity contribution in [3.05, 3.63) is 24.3 Å². The molecule has 1 aliphatic heterocycles. The first-order valence-corrected chi connectivity index (χ1v) is 9.15. The Bertz CT molecular complexity index is 513. The van der Waals surface area contributed by atoms with Crippen molar-refractivity contribution in [3.8, 4) is 0 Å². The van der Waals surface area contributed by atoms with Gasteiger partial charge < -0.3 is 20.2 Å². The number of aliphatic hydroxyl groups is 1. The summed E-state index contributed by atoms with van der Waals surface area (Å²) in [6.45, 7) is 7.58. The van der Waals surface area contributed by atoms with Crippen molar-refractivity contribution in [1.29, 1.82) is 0 Å². The second-order valence-corrected chi connectivity index (χ2v) is 6.71. The predicted molar refractivity (Wildman–Crippen MR) is 99.6 cm³/mol.